The second kappa shape index (κ2) is 9.18. The molecule has 3 aromatic rings. The first kappa shape index (κ1) is 19.6. The van der Waals surface area contributed by atoms with Gasteiger partial charge in [0.05, 0.1) is 16.3 Å². The zero-order chi connectivity index (χ0) is 20.1. The Labute approximate surface area is 174 Å². The van der Waals surface area contributed by atoms with Crippen molar-refractivity contribution >= 4 is 22.7 Å². The van der Waals surface area contributed by atoms with Gasteiger partial charge in [0.1, 0.15) is 0 Å². The Morgan fingerprint density at radius 2 is 1.69 bits per heavy atom. The fourth-order valence-electron chi connectivity index (χ4n) is 4.05. The summed E-state index contributed by atoms with van der Waals surface area (Å²) >= 11 is 1.61. The van der Waals surface area contributed by atoms with Gasteiger partial charge in [0, 0.05) is 29.1 Å². The quantitative estimate of drug-likeness (QED) is 0.359. The lowest BCUT2D eigenvalue weighted by atomic mass is 9.96. The summed E-state index contributed by atoms with van der Waals surface area (Å²) in [6.07, 6.45) is 8.55. The number of benzene rings is 2. The van der Waals surface area contributed by atoms with Gasteiger partial charge in [0.15, 0.2) is 4.80 Å². The summed E-state index contributed by atoms with van der Waals surface area (Å²) in [6.45, 7) is 0. The van der Waals surface area contributed by atoms with Crippen molar-refractivity contribution in [2.45, 2.75) is 51.0 Å². The molecule has 0 unspecified atom stereocenters. The smallest absolute Gasteiger partial charge is 0.270 e. The molecule has 1 fully saturated rings. The van der Waals surface area contributed by atoms with Crippen molar-refractivity contribution in [3.05, 3.63) is 74.9 Å². The fourth-order valence-corrected chi connectivity index (χ4v) is 5.04. The van der Waals surface area contributed by atoms with Crippen LogP contribution in [0.2, 0.25) is 0 Å². The highest BCUT2D eigenvalue weighted by atomic mass is 32.1. The molecule has 1 heterocycles. The Bertz CT molecular complexity index is 1030. The predicted molar refractivity (Wildman–Crippen MR) is 117 cm³/mol. The molecule has 4 rings (SSSR count). The molecule has 1 saturated carbocycles. The van der Waals surface area contributed by atoms with E-state index in [9.17, 15) is 10.1 Å². The van der Waals surface area contributed by atoms with Crippen molar-refractivity contribution in [2.75, 3.05) is 0 Å². The van der Waals surface area contributed by atoms with Gasteiger partial charge in [-0.2, -0.15) is 0 Å². The molecule has 0 bridgehead atoms. The molecule has 0 radical (unpaired) electrons. The van der Waals surface area contributed by atoms with Crippen LogP contribution in [0, 0.1) is 10.1 Å². The lowest BCUT2D eigenvalue weighted by molar-refractivity contribution is -0.384. The minimum atomic E-state index is -0.328. The summed E-state index contributed by atoms with van der Waals surface area (Å²) in [5.41, 5.74) is 2.96. The van der Waals surface area contributed by atoms with Gasteiger partial charge < -0.3 is 4.57 Å². The Kier molecular flexibility index (Phi) is 6.20. The van der Waals surface area contributed by atoms with E-state index in [0.29, 0.717) is 6.04 Å². The summed E-state index contributed by atoms with van der Waals surface area (Å²) in [6, 6.07) is 17.3. The SMILES string of the molecule is O=[N+]([O-])c1cccc(-c2csc(=Nc3ccccc3)n2C2CCCCCCC2)c1. The third-order valence-corrected chi connectivity index (χ3v) is 6.36. The molecule has 1 aliphatic rings. The van der Waals surface area contributed by atoms with Crippen LogP contribution in [0.3, 0.4) is 0 Å². The van der Waals surface area contributed by atoms with Gasteiger partial charge in [-0.3, -0.25) is 10.1 Å². The highest BCUT2D eigenvalue weighted by Gasteiger charge is 2.20. The maximum absolute atomic E-state index is 11.3. The topological polar surface area (TPSA) is 60.4 Å². The number of thiazole rings is 1. The number of para-hydroxylation sites is 1. The predicted octanol–water partition coefficient (Wildman–Crippen LogP) is 6.64. The van der Waals surface area contributed by atoms with Crippen molar-refractivity contribution in [3.63, 3.8) is 0 Å². The van der Waals surface area contributed by atoms with Crippen molar-refractivity contribution in [1.29, 1.82) is 0 Å². The van der Waals surface area contributed by atoms with E-state index in [0.717, 1.165) is 34.6 Å². The minimum absolute atomic E-state index is 0.125. The maximum atomic E-state index is 11.3. The van der Waals surface area contributed by atoms with Crippen LogP contribution in [0.25, 0.3) is 11.3 Å². The number of nitro benzene ring substituents is 1. The summed E-state index contributed by atoms with van der Waals surface area (Å²) < 4.78 is 2.34. The molecule has 0 N–H and O–H groups in total. The van der Waals surface area contributed by atoms with E-state index in [4.69, 9.17) is 4.99 Å². The van der Waals surface area contributed by atoms with Crippen molar-refractivity contribution < 1.29 is 4.92 Å². The number of nitro groups is 1. The molecule has 0 aliphatic heterocycles. The second-order valence-electron chi connectivity index (χ2n) is 7.53. The van der Waals surface area contributed by atoms with Gasteiger partial charge >= 0.3 is 0 Å². The van der Waals surface area contributed by atoms with Gasteiger partial charge in [-0.1, -0.05) is 62.4 Å². The van der Waals surface area contributed by atoms with Gasteiger partial charge in [0.25, 0.3) is 5.69 Å². The molecule has 0 spiro atoms. The lowest BCUT2D eigenvalue weighted by Crippen LogP contribution is -2.22. The Hall–Kier alpha value is -2.73. The first-order chi connectivity index (χ1) is 14.2. The number of non-ortho nitro benzene ring substituents is 1. The highest BCUT2D eigenvalue weighted by molar-refractivity contribution is 7.07. The van der Waals surface area contributed by atoms with Gasteiger partial charge in [-0.05, 0) is 25.0 Å². The minimum Gasteiger partial charge on any atom is -0.313 e. The third-order valence-electron chi connectivity index (χ3n) is 5.52. The molecule has 5 nitrogen and oxygen atoms in total. The molecular formula is C23H25N3O2S. The number of hydrogen-bond acceptors (Lipinski definition) is 4. The summed E-state index contributed by atoms with van der Waals surface area (Å²) in [7, 11) is 0. The van der Waals surface area contributed by atoms with E-state index < -0.39 is 0 Å². The van der Waals surface area contributed by atoms with Crippen LogP contribution in [-0.4, -0.2) is 9.49 Å². The number of hydrogen-bond donors (Lipinski definition) is 0. The number of nitrogens with zero attached hydrogens (tertiary/aromatic N) is 3. The van der Waals surface area contributed by atoms with Crippen LogP contribution in [0.15, 0.2) is 65.0 Å². The van der Waals surface area contributed by atoms with Crippen LogP contribution in [0.5, 0.6) is 0 Å². The summed E-state index contributed by atoms with van der Waals surface area (Å²) in [5.74, 6) is 0. The van der Waals surface area contributed by atoms with E-state index in [2.05, 4.69) is 9.95 Å². The zero-order valence-corrected chi connectivity index (χ0v) is 17.2. The summed E-state index contributed by atoms with van der Waals surface area (Å²) in [5, 5.41) is 13.4. The fraction of sp³-hybridized carbons (Fsp3) is 0.348. The number of aromatic nitrogens is 1. The molecule has 1 aliphatic carbocycles. The van der Waals surface area contributed by atoms with E-state index in [-0.39, 0.29) is 10.6 Å². The third kappa shape index (κ3) is 4.65. The average molecular weight is 408 g/mol. The molecule has 1 aromatic heterocycles. The molecule has 0 saturated heterocycles. The molecule has 6 heteroatoms. The molecule has 0 amide bonds. The first-order valence-corrected chi connectivity index (χ1v) is 11.1. The Morgan fingerprint density at radius 1 is 0.966 bits per heavy atom. The summed E-state index contributed by atoms with van der Waals surface area (Å²) in [4.78, 5) is 16.8. The number of rotatable bonds is 4. The largest absolute Gasteiger partial charge is 0.313 e. The Balaban J connectivity index is 1.84. The van der Waals surface area contributed by atoms with E-state index >= 15 is 0 Å². The van der Waals surface area contributed by atoms with Crippen LogP contribution in [-0.2, 0) is 0 Å². The van der Waals surface area contributed by atoms with Gasteiger partial charge in [-0.15, -0.1) is 11.3 Å². The molecule has 0 atom stereocenters. The lowest BCUT2D eigenvalue weighted by Gasteiger charge is -2.23. The van der Waals surface area contributed by atoms with Crippen molar-refractivity contribution in [3.8, 4) is 11.3 Å². The van der Waals surface area contributed by atoms with E-state index in [1.165, 1.54) is 32.1 Å². The first-order valence-electron chi connectivity index (χ1n) is 10.3. The van der Waals surface area contributed by atoms with Gasteiger partial charge in [0.2, 0.25) is 0 Å². The molecule has 2 aromatic carbocycles. The van der Waals surface area contributed by atoms with Crippen LogP contribution in [0.1, 0.15) is 51.0 Å². The zero-order valence-electron chi connectivity index (χ0n) is 16.4. The van der Waals surface area contributed by atoms with Crippen LogP contribution < -0.4 is 4.80 Å². The van der Waals surface area contributed by atoms with E-state index in [1.54, 1.807) is 29.5 Å². The second-order valence-corrected chi connectivity index (χ2v) is 8.36. The van der Waals surface area contributed by atoms with Crippen LogP contribution >= 0.6 is 11.3 Å². The monoisotopic (exact) mass is 407 g/mol. The molecule has 150 valence electrons. The van der Waals surface area contributed by atoms with Crippen molar-refractivity contribution in [2.24, 2.45) is 4.99 Å². The normalized spacial score (nSPS) is 16.3. The molecular weight excluding hydrogens is 382 g/mol. The van der Waals surface area contributed by atoms with Gasteiger partial charge in [-0.25, -0.2) is 4.99 Å². The van der Waals surface area contributed by atoms with Crippen LogP contribution in [0.4, 0.5) is 11.4 Å². The van der Waals surface area contributed by atoms with Crippen molar-refractivity contribution in [1.82, 2.24) is 4.57 Å². The average Bonchev–Trinajstić information content (AvgIpc) is 3.12. The maximum Gasteiger partial charge on any atom is 0.270 e. The standard InChI is InChI=1S/C23H25N3O2S/c27-26(28)21-15-9-10-18(16-21)22-17-29-23(24-19-11-5-4-6-12-19)25(22)20-13-7-2-1-3-8-14-20/h4-6,9-12,15-17,20H,1-3,7-8,13-14H2. The highest BCUT2D eigenvalue weighted by Crippen LogP contribution is 2.32. The van der Waals surface area contributed by atoms with E-state index in [1.807, 2.05) is 36.4 Å². The molecule has 29 heavy (non-hydrogen) atoms. The Morgan fingerprint density at radius 3 is 2.41 bits per heavy atom.